The van der Waals surface area contributed by atoms with Gasteiger partial charge in [-0.15, -0.1) is 0 Å². The molecule has 3 heterocycles. The van der Waals surface area contributed by atoms with Crippen LogP contribution in [0.1, 0.15) is 45.4 Å². The smallest absolute Gasteiger partial charge is 0.297 e. The molecule has 0 aliphatic carbocycles. The molecule has 0 saturated carbocycles. The highest BCUT2D eigenvalue weighted by molar-refractivity contribution is 5.89. The maximum atomic E-state index is 13.3. The molecule has 2 aliphatic heterocycles. The Labute approximate surface area is 171 Å². The second-order valence-electron chi connectivity index (χ2n) is 8.46. The average molecular weight is 405 g/mol. The van der Waals surface area contributed by atoms with Gasteiger partial charge in [0.2, 0.25) is 0 Å². The zero-order valence-electron chi connectivity index (χ0n) is 17.2. The number of morpholine rings is 1. The normalized spacial score (nSPS) is 24.5. The van der Waals surface area contributed by atoms with Gasteiger partial charge in [-0.2, -0.15) is 0 Å². The molecule has 2 atom stereocenters. The molecule has 2 unspecified atom stereocenters. The van der Waals surface area contributed by atoms with E-state index in [0.717, 1.165) is 51.0 Å². The summed E-state index contributed by atoms with van der Waals surface area (Å²) in [6, 6.07) is 7.44. The summed E-state index contributed by atoms with van der Waals surface area (Å²) in [4.78, 5) is 12.9. The van der Waals surface area contributed by atoms with Crippen molar-refractivity contribution in [2.24, 2.45) is 5.92 Å². The quantitative estimate of drug-likeness (QED) is 0.744. The van der Waals surface area contributed by atoms with Crippen molar-refractivity contribution in [3.8, 4) is 0 Å². The minimum Gasteiger partial charge on any atom is -0.373 e. The van der Waals surface area contributed by atoms with Gasteiger partial charge in [-0.25, -0.2) is 18.7 Å². The number of ether oxygens (including phenoxy) is 1. The standard InChI is InChI=1S/C22H30F2N4O/c1-15-13-27(14-16(2)29-15)10-7-17-8-11-28(12-9-17)22-18-5-3-4-6-19(18)25-21(26-22)20(23)24/h3-6,15-17,20H,7-14H2,1-2H3. The Kier molecular flexibility index (Phi) is 6.25. The molecule has 2 aromatic rings. The summed E-state index contributed by atoms with van der Waals surface area (Å²) in [6.07, 6.45) is 1.26. The maximum absolute atomic E-state index is 13.3. The van der Waals surface area contributed by atoms with Gasteiger partial charge in [0.05, 0.1) is 17.7 Å². The van der Waals surface area contributed by atoms with Crippen LogP contribution in [0, 0.1) is 5.92 Å². The Balaban J connectivity index is 1.38. The Morgan fingerprint density at radius 1 is 1.07 bits per heavy atom. The van der Waals surface area contributed by atoms with Gasteiger partial charge in [0.15, 0.2) is 5.82 Å². The van der Waals surface area contributed by atoms with Gasteiger partial charge in [0.1, 0.15) is 5.82 Å². The Morgan fingerprint density at radius 3 is 2.45 bits per heavy atom. The summed E-state index contributed by atoms with van der Waals surface area (Å²) in [5.74, 6) is 0.943. The van der Waals surface area contributed by atoms with E-state index < -0.39 is 6.43 Å². The summed E-state index contributed by atoms with van der Waals surface area (Å²) in [5, 5.41) is 0.853. The van der Waals surface area contributed by atoms with Crippen molar-refractivity contribution in [1.29, 1.82) is 0 Å². The van der Waals surface area contributed by atoms with Crippen molar-refractivity contribution in [3.63, 3.8) is 0 Å². The monoisotopic (exact) mass is 404 g/mol. The largest absolute Gasteiger partial charge is 0.373 e. The molecule has 158 valence electrons. The van der Waals surface area contributed by atoms with Gasteiger partial charge in [-0.1, -0.05) is 12.1 Å². The Morgan fingerprint density at radius 2 is 1.76 bits per heavy atom. The van der Waals surface area contributed by atoms with Gasteiger partial charge in [-0.05, 0) is 57.7 Å². The summed E-state index contributed by atoms with van der Waals surface area (Å²) in [5.41, 5.74) is 0.588. The minimum absolute atomic E-state index is 0.302. The van der Waals surface area contributed by atoms with Crippen LogP contribution in [0.2, 0.25) is 0 Å². The predicted octanol–water partition coefficient (Wildman–Crippen LogP) is 4.28. The maximum Gasteiger partial charge on any atom is 0.297 e. The lowest BCUT2D eigenvalue weighted by Gasteiger charge is -2.37. The van der Waals surface area contributed by atoms with E-state index >= 15 is 0 Å². The van der Waals surface area contributed by atoms with E-state index in [2.05, 4.69) is 33.6 Å². The number of nitrogens with zero attached hydrogens (tertiary/aromatic N) is 4. The minimum atomic E-state index is -2.66. The van der Waals surface area contributed by atoms with E-state index in [1.165, 1.54) is 6.42 Å². The van der Waals surface area contributed by atoms with Crippen molar-refractivity contribution < 1.29 is 13.5 Å². The number of piperidine rings is 1. The van der Waals surface area contributed by atoms with E-state index in [0.29, 0.717) is 29.5 Å². The van der Waals surface area contributed by atoms with E-state index in [1.807, 2.05) is 18.2 Å². The number of alkyl halides is 2. The van der Waals surface area contributed by atoms with Gasteiger partial charge in [0.25, 0.3) is 6.43 Å². The first-order chi connectivity index (χ1) is 14.0. The number of aromatic nitrogens is 2. The zero-order valence-corrected chi connectivity index (χ0v) is 17.2. The molecule has 29 heavy (non-hydrogen) atoms. The lowest BCUT2D eigenvalue weighted by molar-refractivity contribution is -0.0690. The molecule has 7 heteroatoms. The molecule has 1 aromatic heterocycles. The third kappa shape index (κ3) is 4.83. The first-order valence-corrected chi connectivity index (χ1v) is 10.7. The van der Waals surface area contributed by atoms with Crippen LogP contribution < -0.4 is 4.90 Å². The van der Waals surface area contributed by atoms with Crippen molar-refractivity contribution in [2.75, 3.05) is 37.6 Å². The highest BCUT2D eigenvalue weighted by atomic mass is 19.3. The fourth-order valence-electron chi connectivity index (χ4n) is 4.68. The highest BCUT2D eigenvalue weighted by Crippen LogP contribution is 2.31. The van der Waals surface area contributed by atoms with Crippen molar-refractivity contribution in [2.45, 2.75) is 51.7 Å². The molecule has 0 N–H and O–H groups in total. The molecule has 0 radical (unpaired) electrons. The third-order valence-electron chi connectivity index (χ3n) is 6.06. The van der Waals surface area contributed by atoms with Crippen LogP contribution >= 0.6 is 0 Å². The molecule has 2 aliphatic rings. The fourth-order valence-corrected chi connectivity index (χ4v) is 4.68. The third-order valence-corrected chi connectivity index (χ3v) is 6.06. The molecule has 0 spiro atoms. The molecule has 4 rings (SSSR count). The summed E-state index contributed by atoms with van der Waals surface area (Å²) < 4.78 is 32.4. The van der Waals surface area contributed by atoms with Gasteiger partial charge < -0.3 is 9.64 Å². The zero-order chi connectivity index (χ0) is 20.4. The highest BCUT2D eigenvalue weighted by Gasteiger charge is 2.26. The second-order valence-corrected chi connectivity index (χ2v) is 8.46. The van der Waals surface area contributed by atoms with Crippen LogP contribution in [0.4, 0.5) is 14.6 Å². The number of anilines is 1. The predicted molar refractivity (Wildman–Crippen MR) is 110 cm³/mol. The number of para-hydroxylation sites is 1. The summed E-state index contributed by atoms with van der Waals surface area (Å²) in [6.45, 7) is 9.10. The van der Waals surface area contributed by atoms with E-state index in [-0.39, 0.29) is 5.82 Å². The van der Waals surface area contributed by atoms with Crippen molar-refractivity contribution in [1.82, 2.24) is 14.9 Å². The van der Waals surface area contributed by atoms with Gasteiger partial charge in [-0.3, -0.25) is 4.90 Å². The second kappa shape index (κ2) is 8.88. The topological polar surface area (TPSA) is 41.5 Å². The Hall–Kier alpha value is -1.86. The number of benzene rings is 1. The van der Waals surface area contributed by atoms with Crippen molar-refractivity contribution >= 4 is 16.7 Å². The van der Waals surface area contributed by atoms with Crippen LogP contribution in [0.25, 0.3) is 10.9 Å². The number of hydrogen-bond acceptors (Lipinski definition) is 5. The van der Waals surface area contributed by atoms with E-state index in [4.69, 9.17) is 4.74 Å². The number of hydrogen-bond donors (Lipinski definition) is 0. The molecule has 2 fully saturated rings. The summed E-state index contributed by atoms with van der Waals surface area (Å²) >= 11 is 0. The summed E-state index contributed by atoms with van der Waals surface area (Å²) in [7, 11) is 0. The number of rotatable bonds is 5. The molecule has 1 aromatic carbocycles. The van der Waals surface area contributed by atoms with E-state index in [1.54, 1.807) is 6.07 Å². The molecule has 5 nitrogen and oxygen atoms in total. The SMILES string of the molecule is CC1CN(CCC2CCN(c3nc(C(F)F)nc4ccccc34)CC2)CC(C)O1. The number of halogens is 2. The average Bonchev–Trinajstić information content (AvgIpc) is 2.71. The molecular formula is C22H30F2N4O. The van der Waals surface area contributed by atoms with Gasteiger partial charge >= 0.3 is 0 Å². The van der Waals surface area contributed by atoms with Crippen LogP contribution in [0.5, 0.6) is 0 Å². The Bertz CT molecular complexity index is 816. The van der Waals surface area contributed by atoms with Crippen LogP contribution in [0.15, 0.2) is 24.3 Å². The van der Waals surface area contributed by atoms with E-state index in [9.17, 15) is 8.78 Å². The van der Waals surface area contributed by atoms with Crippen LogP contribution in [-0.2, 0) is 4.74 Å². The first-order valence-electron chi connectivity index (χ1n) is 10.7. The fraction of sp³-hybridized carbons (Fsp3) is 0.636. The molecule has 0 bridgehead atoms. The first kappa shape index (κ1) is 20.4. The molecular weight excluding hydrogens is 374 g/mol. The lowest BCUT2D eigenvalue weighted by atomic mass is 9.93. The van der Waals surface area contributed by atoms with Crippen LogP contribution in [0.3, 0.4) is 0 Å². The van der Waals surface area contributed by atoms with Gasteiger partial charge in [0, 0.05) is 31.6 Å². The molecule has 0 amide bonds. The van der Waals surface area contributed by atoms with Crippen molar-refractivity contribution in [3.05, 3.63) is 30.1 Å². The number of fused-ring (bicyclic) bond motifs is 1. The van der Waals surface area contributed by atoms with Crippen LogP contribution in [-0.4, -0.2) is 59.8 Å². The molecule has 2 saturated heterocycles. The lowest BCUT2D eigenvalue weighted by Crippen LogP contribution is -2.46.